The number of pyridine rings is 1. The van der Waals surface area contributed by atoms with Crippen LogP contribution in [-0.4, -0.2) is 5.97 Å². The maximum Gasteiger partial charge on any atom is 0.311 e. The SMILES string of the molecule is CCCCCCCCCCCCCCCCCC(=O)Oc1cccc2ccc[n+](CCCCCCCCCC)c12. The topological polar surface area (TPSA) is 30.2 Å². The van der Waals surface area contributed by atoms with Crippen molar-refractivity contribution in [2.45, 2.75) is 174 Å². The van der Waals surface area contributed by atoms with Gasteiger partial charge >= 0.3 is 5.97 Å². The molecule has 0 fully saturated rings. The second kappa shape index (κ2) is 23.8. The summed E-state index contributed by atoms with van der Waals surface area (Å²) in [5, 5.41) is 1.14. The van der Waals surface area contributed by atoms with Crippen LogP contribution in [0.1, 0.15) is 168 Å². The predicted octanol–water partition coefficient (Wildman–Crippen LogP) is 11.4. The highest BCUT2D eigenvalue weighted by Gasteiger charge is 2.17. The highest BCUT2D eigenvalue weighted by Crippen LogP contribution is 2.23. The van der Waals surface area contributed by atoms with Crippen LogP contribution in [0.5, 0.6) is 5.75 Å². The summed E-state index contributed by atoms with van der Waals surface area (Å²) < 4.78 is 8.19. The number of ether oxygens (including phenoxy) is 1. The van der Waals surface area contributed by atoms with Gasteiger partial charge in [0.05, 0.1) is 5.39 Å². The lowest BCUT2D eigenvalue weighted by molar-refractivity contribution is -0.672. The van der Waals surface area contributed by atoms with Gasteiger partial charge in [0, 0.05) is 18.9 Å². The molecule has 3 nitrogen and oxygen atoms in total. The molecule has 0 spiro atoms. The summed E-state index contributed by atoms with van der Waals surface area (Å²) in [6.45, 7) is 5.53. The number of nitrogens with zero attached hydrogens (tertiary/aromatic N) is 1. The second-order valence-corrected chi connectivity index (χ2v) is 12.0. The van der Waals surface area contributed by atoms with E-state index in [9.17, 15) is 4.79 Å². The second-order valence-electron chi connectivity index (χ2n) is 12.0. The average molecular weight is 553 g/mol. The van der Waals surface area contributed by atoms with Gasteiger partial charge in [-0.05, 0) is 31.0 Å². The van der Waals surface area contributed by atoms with Gasteiger partial charge in [-0.15, -0.1) is 0 Å². The number of para-hydroxylation sites is 1. The van der Waals surface area contributed by atoms with Crippen LogP contribution in [0.15, 0.2) is 36.5 Å². The van der Waals surface area contributed by atoms with Crippen molar-refractivity contribution >= 4 is 16.9 Å². The minimum atomic E-state index is -0.0929. The van der Waals surface area contributed by atoms with E-state index >= 15 is 0 Å². The molecule has 2 aromatic rings. The quantitative estimate of drug-likeness (QED) is 0.0503. The van der Waals surface area contributed by atoms with Crippen LogP contribution in [0.2, 0.25) is 0 Å². The van der Waals surface area contributed by atoms with Crippen LogP contribution in [0, 0.1) is 0 Å². The fourth-order valence-electron chi connectivity index (χ4n) is 5.81. The Labute approximate surface area is 247 Å². The predicted molar refractivity (Wildman–Crippen MR) is 172 cm³/mol. The molecular weight excluding hydrogens is 490 g/mol. The molecule has 0 amide bonds. The van der Waals surface area contributed by atoms with Crippen LogP contribution in [0.4, 0.5) is 0 Å². The molecule has 0 aliphatic carbocycles. The molecule has 0 unspecified atom stereocenters. The lowest BCUT2D eigenvalue weighted by Gasteiger charge is -2.08. The van der Waals surface area contributed by atoms with Crippen LogP contribution in [0.25, 0.3) is 10.9 Å². The Bertz CT molecular complexity index is 888. The molecule has 40 heavy (non-hydrogen) atoms. The molecule has 3 heteroatoms. The molecule has 0 saturated heterocycles. The molecule has 1 aromatic carbocycles. The molecule has 1 aromatic heterocycles. The van der Waals surface area contributed by atoms with E-state index in [1.165, 1.54) is 135 Å². The molecule has 0 saturated carbocycles. The van der Waals surface area contributed by atoms with Gasteiger partial charge in [0.1, 0.15) is 6.54 Å². The zero-order valence-corrected chi connectivity index (χ0v) is 26.4. The maximum atomic E-state index is 12.7. The first-order valence-electron chi connectivity index (χ1n) is 17.4. The fraction of sp³-hybridized carbons (Fsp3) is 0.730. The highest BCUT2D eigenvalue weighted by atomic mass is 16.5. The van der Waals surface area contributed by atoms with Gasteiger partial charge in [-0.3, -0.25) is 4.79 Å². The van der Waals surface area contributed by atoms with E-state index in [0.717, 1.165) is 30.3 Å². The van der Waals surface area contributed by atoms with Crippen molar-refractivity contribution < 1.29 is 14.1 Å². The number of rotatable bonds is 26. The molecule has 0 bridgehead atoms. The Morgan fingerprint density at radius 3 is 1.55 bits per heavy atom. The van der Waals surface area contributed by atoms with Gasteiger partial charge in [0.25, 0.3) is 5.52 Å². The fourth-order valence-corrected chi connectivity index (χ4v) is 5.81. The first-order chi connectivity index (χ1) is 19.8. The van der Waals surface area contributed by atoms with Gasteiger partial charge in [0.2, 0.25) is 5.75 Å². The number of esters is 1. The van der Waals surface area contributed by atoms with E-state index in [1.807, 2.05) is 12.1 Å². The van der Waals surface area contributed by atoms with E-state index in [0.29, 0.717) is 12.2 Å². The number of hydrogen-bond acceptors (Lipinski definition) is 2. The van der Waals surface area contributed by atoms with Crippen LogP contribution >= 0.6 is 0 Å². The third-order valence-corrected chi connectivity index (χ3v) is 8.32. The third kappa shape index (κ3) is 15.8. The van der Waals surface area contributed by atoms with Crippen molar-refractivity contribution in [3.8, 4) is 5.75 Å². The molecule has 0 atom stereocenters. The average Bonchev–Trinajstić information content (AvgIpc) is 2.96. The van der Waals surface area contributed by atoms with E-state index in [1.54, 1.807) is 0 Å². The number of benzene rings is 1. The Morgan fingerprint density at radius 1 is 0.575 bits per heavy atom. The molecule has 0 radical (unpaired) electrons. The van der Waals surface area contributed by atoms with E-state index in [4.69, 9.17) is 4.74 Å². The standard InChI is InChI=1S/C37H62NO2/c1-3-5-7-9-11-13-14-15-16-17-18-19-20-22-24-31-36(39)40-35-30-26-28-34-29-27-33-38(37(34)35)32-25-23-21-12-10-8-6-4-2/h26-30,33H,3-25,31-32H2,1-2H3/q+1. The molecule has 1 heterocycles. The Kier molecular flexibility index (Phi) is 20.4. The summed E-state index contributed by atoms with van der Waals surface area (Å²) in [5.41, 5.74) is 1.05. The number of fused-ring (bicyclic) bond motifs is 1. The lowest BCUT2D eigenvalue weighted by Crippen LogP contribution is -2.34. The first kappa shape index (κ1) is 34.3. The molecule has 0 aliphatic heterocycles. The Morgan fingerprint density at radius 2 is 1.02 bits per heavy atom. The van der Waals surface area contributed by atoms with Crippen LogP contribution in [-0.2, 0) is 11.3 Å². The number of unbranched alkanes of at least 4 members (excludes halogenated alkanes) is 21. The minimum absolute atomic E-state index is 0.0929. The van der Waals surface area contributed by atoms with Crippen molar-refractivity contribution in [3.63, 3.8) is 0 Å². The summed E-state index contributed by atoms with van der Waals surface area (Å²) in [4.78, 5) is 12.7. The first-order valence-corrected chi connectivity index (χ1v) is 17.4. The van der Waals surface area contributed by atoms with Crippen molar-refractivity contribution in [1.82, 2.24) is 0 Å². The summed E-state index contributed by atoms with van der Waals surface area (Å²) in [6.07, 6.45) is 33.2. The lowest BCUT2D eigenvalue weighted by atomic mass is 10.0. The van der Waals surface area contributed by atoms with Crippen molar-refractivity contribution in [2.75, 3.05) is 0 Å². The van der Waals surface area contributed by atoms with E-state index < -0.39 is 0 Å². The Balaban J connectivity index is 1.58. The van der Waals surface area contributed by atoms with E-state index in [-0.39, 0.29) is 5.97 Å². The third-order valence-electron chi connectivity index (χ3n) is 8.32. The number of hydrogen-bond donors (Lipinski definition) is 0. The molecule has 2 rings (SSSR count). The number of carbonyl (C=O) groups is 1. The zero-order chi connectivity index (χ0) is 28.5. The maximum absolute atomic E-state index is 12.7. The van der Waals surface area contributed by atoms with Gasteiger partial charge in [-0.1, -0.05) is 148 Å². The monoisotopic (exact) mass is 552 g/mol. The molecule has 0 N–H and O–H groups in total. The van der Waals surface area contributed by atoms with E-state index in [2.05, 4.69) is 42.8 Å². The smallest absolute Gasteiger partial charge is 0.311 e. The summed E-state index contributed by atoms with van der Waals surface area (Å²) in [6, 6.07) is 10.3. The van der Waals surface area contributed by atoms with Crippen molar-refractivity contribution in [1.29, 1.82) is 0 Å². The van der Waals surface area contributed by atoms with Crippen molar-refractivity contribution in [2.24, 2.45) is 0 Å². The Hall–Kier alpha value is -1.90. The molecule has 0 aliphatic rings. The van der Waals surface area contributed by atoms with Gasteiger partial charge in [0.15, 0.2) is 6.20 Å². The highest BCUT2D eigenvalue weighted by molar-refractivity contribution is 5.84. The van der Waals surface area contributed by atoms with Gasteiger partial charge in [-0.2, -0.15) is 4.57 Å². The minimum Gasteiger partial charge on any atom is -0.419 e. The largest absolute Gasteiger partial charge is 0.419 e. The van der Waals surface area contributed by atoms with Gasteiger partial charge in [-0.25, -0.2) is 0 Å². The summed E-state index contributed by atoms with van der Waals surface area (Å²) in [5.74, 6) is 0.619. The van der Waals surface area contributed by atoms with Gasteiger partial charge < -0.3 is 4.74 Å². The van der Waals surface area contributed by atoms with Crippen LogP contribution < -0.4 is 9.30 Å². The molecular formula is C37H62NO2+. The zero-order valence-electron chi connectivity index (χ0n) is 26.4. The summed E-state index contributed by atoms with van der Waals surface area (Å²) >= 11 is 0. The number of aromatic nitrogens is 1. The number of carbonyl (C=O) groups excluding carboxylic acids is 1. The summed E-state index contributed by atoms with van der Waals surface area (Å²) in [7, 11) is 0. The number of aryl methyl sites for hydroxylation is 1. The van der Waals surface area contributed by atoms with Crippen LogP contribution in [0.3, 0.4) is 0 Å². The normalized spacial score (nSPS) is 11.3. The molecule has 226 valence electrons. The van der Waals surface area contributed by atoms with Crippen molar-refractivity contribution in [3.05, 3.63) is 36.5 Å².